The smallest absolute Gasteiger partial charge is 0.127 e. The van der Waals surface area contributed by atoms with Gasteiger partial charge in [0.1, 0.15) is 18.3 Å². The number of halogens is 1. The van der Waals surface area contributed by atoms with Crippen LogP contribution in [-0.4, -0.2) is 7.11 Å². The fourth-order valence-electron chi connectivity index (χ4n) is 3.08. The first-order valence-electron chi connectivity index (χ1n) is 8.51. The van der Waals surface area contributed by atoms with Gasteiger partial charge in [0.15, 0.2) is 0 Å². The van der Waals surface area contributed by atoms with E-state index in [4.69, 9.17) is 4.74 Å². The maximum Gasteiger partial charge on any atom is 0.127 e. The van der Waals surface area contributed by atoms with E-state index in [1.165, 1.54) is 16.7 Å². The van der Waals surface area contributed by atoms with Crippen molar-refractivity contribution >= 4 is 15.9 Å². The van der Waals surface area contributed by atoms with E-state index in [0.29, 0.717) is 6.04 Å². The van der Waals surface area contributed by atoms with Crippen molar-refractivity contribution in [2.75, 3.05) is 7.11 Å². The van der Waals surface area contributed by atoms with E-state index in [1.807, 2.05) is 12.1 Å². The molecule has 25 heavy (non-hydrogen) atoms. The summed E-state index contributed by atoms with van der Waals surface area (Å²) in [6.45, 7) is 0.870. The van der Waals surface area contributed by atoms with Crippen LogP contribution in [0.5, 0.6) is 5.75 Å². The number of rotatable bonds is 7. The lowest BCUT2D eigenvalue weighted by atomic mass is 9.98. The minimum Gasteiger partial charge on any atom is -0.496 e. The summed E-state index contributed by atoms with van der Waals surface area (Å²) >= 11 is 3.56. The lowest BCUT2D eigenvalue weighted by Gasteiger charge is -2.17. The molecule has 0 radical (unpaired) electrons. The van der Waals surface area contributed by atoms with Gasteiger partial charge in [-0.25, -0.2) is 0 Å². The SMILES string of the molecule is COc1ccc(Br)cc1C[NH2+][C@@H](Cc1ccccc1)c1ccccc1. The van der Waals surface area contributed by atoms with Gasteiger partial charge < -0.3 is 10.1 Å². The predicted molar refractivity (Wildman–Crippen MR) is 106 cm³/mol. The van der Waals surface area contributed by atoms with Crippen molar-refractivity contribution in [1.29, 1.82) is 0 Å². The van der Waals surface area contributed by atoms with Gasteiger partial charge in [-0.1, -0.05) is 76.6 Å². The van der Waals surface area contributed by atoms with Gasteiger partial charge in [-0.15, -0.1) is 0 Å². The van der Waals surface area contributed by atoms with Gasteiger partial charge in [-0.05, 0) is 23.8 Å². The Morgan fingerprint density at radius 1 is 0.920 bits per heavy atom. The largest absolute Gasteiger partial charge is 0.496 e. The van der Waals surface area contributed by atoms with E-state index in [1.54, 1.807) is 7.11 Å². The second-order valence-corrected chi connectivity index (χ2v) is 7.02. The van der Waals surface area contributed by atoms with E-state index in [0.717, 1.165) is 23.2 Å². The minimum atomic E-state index is 0.368. The van der Waals surface area contributed by atoms with Crippen molar-refractivity contribution in [3.8, 4) is 5.75 Å². The summed E-state index contributed by atoms with van der Waals surface area (Å²) < 4.78 is 6.60. The van der Waals surface area contributed by atoms with Crippen LogP contribution in [0.4, 0.5) is 0 Å². The average molecular weight is 397 g/mol. The molecule has 0 aliphatic heterocycles. The first kappa shape index (κ1) is 17.7. The Balaban J connectivity index is 1.79. The van der Waals surface area contributed by atoms with Crippen LogP contribution in [0.25, 0.3) is 0 Å². The molecule has 0 spiro atoms. The molecule has 3 rings (SSSR count). The third kappa shape index (κ3) is 4.94. The summed E-state index contributed by atoms with van der Waals surface area (Å²) in [5.74, 6) is 0.936. The summed E-state index contributed by atoms with van der Waals surface area (Å²) in [5.41, 5.74) is 3.90. The number of hydrogen-bond acceptors (Lipinski definition) is 1. The van der Waals surface area contributed by atoms with Crippen molar-refractivity contribution in [1.82, 2.24) is 0 Å². The Hall–Kier alpha value is -2.10. The highest BCUT2D eigenvalue weighted by Crippen LogP contribution is 2.22. The zero-order valence-electron chi connectivity index (χ0n) is 14.4. The number of hydrogen-bond donors (Lipinski definition) is 1. The third-order valence-electron chi connectivity index (χ3n) is 4.39. The summed E-state index contributed by atoms with van der Waals surface area (Å²) in [6.07, 6.45) is 1.00. The van der Waals surface area contributed by atoms with Crippen LogP contribution < -0.4 is 10.1 Å². The van der Waals surface area contributed by atoms with E-state index in [9.17, 15) is 0 Å². The molecule has 0 aromatic heterocycles. The molecule has 0 saturated carbocycles. The topological polar surface area (TPSA) is 25.8 Å². The van der Waals surface area contributed by atoms with Gasteiger partial charge >= 0.3 is 0 Å². The lowest BCUT2D eigenvalue weighted by Crippen LogP contribution is -2.84. The molecule has 0 aliphatic carbocycles. The molecule has 0 amide bonds. The zero-order chi connectivity index (χ0) is 17.5. The number of benzene rings is 3. The molecule has 128 valence electrons. The van der Waals surface area contributed by atoms with Gasteiger partial charge in [0.25, 0.3) is 0 Å². The first-order chi connectivity index (χ1) is 12.3. The van der Waals surface area contributed by atoms with E-state index < -0.39 is 0 Å². The Kier molecular flexibility index (Phi) is 6.26. The molecule has 3 heteroatoms. The number of methoxy groups -OCH3 is 1. The standard InChI is InChI=1S/C22H22BrNO/c1-25-22-13-12-20(23)15-19(22)16-24-21(18-10-6-3-7-11-18)14-17-8-4-2-5-9-17/h2-13,15,21,24H,14,16H2,1H3/p+1/t21-/m0/s1. The van der Waals surface area contributed by atoms with Gasteiger partial charge in [0.2, 0.25) is 0 Å². The quantitative estimate of drug-likeness (QED) is 0.624. The molecule has 0 heterocycles. The van der Waals surface area contributed by atoms with Crippen LogP contribution in [0.15, 0.2) is 83.3 Å². The highest BCUT2D eigenvalue weighted by atomic mass is 79.9. The monoisotopic (exact) mass is 396 g/mol. The van der Waals surface area contributed by atoms with Crippen molar-refractivity contribution in [3.63, 3.8) is 0 Å². The van der Waals surface area contributed by atoms with Crippen LogP contribution in [0, 0.1) is 0 Å². The Morgan fingerprint density at radius 2 is 1.60 bits per heavy atom. The first-order valence-corrected chi connectivity index (χ1v) is 9.30. The van der Waals surface area contributed by atoms with Crippen LogP contribution in [-0.2, 0) is 13.0 Å². The lowest BCUT2D eigenvalue weighted by molar-refractivity contribution is -0.711. The van der Waals surface area contributed by atoms with E-state index in [2.05, 4.69) is 88.0 Å². The van der Waals surface area contributed by atoms with Crippen LogP contribution >= 0.6 is 15.9 Å². The highest BCUT2D eigenvalue weighted by Gasteiger charge is 2.17. The Bertz CT molecular complexity index is 790. The molecule has 0 bridgehead atoms. The maximum absolute atomic E-state index is 5.52. The molecule has 0 aliphatic rings. The van der Waals surface area contributed by atoms with Gasteiger partial charge in [-0.3, -0.25) is 0 Å². The summed E-state index contributed by atoms with van der Waals surface area (Å²) in [5, 5.41) is 2.40. The molecular formula is C22H23BrNO+. The summed E-state index contributed by atoms with van der Waals surface area (Å²) in [4.78, 5) is 0. The molecule has 0 saturated heterocycles. The van der Waals surface area contributed by atoms with Gasteiger partial charge in [-0.2, -0.15) is 0 Å². The molecular weight excluding hydrogens is 374 g/mol. The van der Waals surface area contributed by atoms with Crippen LogP contribution in [0.3, 0.4) is 0 Å². The van der Waals surface area contributed by atoms with Crippen molar-refractivity contribution in [2.24, 2.45) is 0 Å². The fraction of sp³-hybridized carbons (Fsp3) is 0.182. The maximum atomic E-state index is 5.52. The molecule has 2 N–H and O–H groups in total. The Morgan fingerprint density at radius 3 is 2.28 bits per heavy atom. The summed E-state index contributed by atoms with van der Waals surface area (Å²) in [7, 11) is 1.73. The molecule has 0 unspecified atom stereocenters. The number of nitrogens with two attached hydrogens (primary N) is 1. The second kappa shape index (κ2) is 8.84. The van der Waals surface area contributed by atoms with Gasteiger partial charge in [0, 0.05) is 22.0 Å². The molecule has 1 atom stereocenters. The normalized spacial score (nSPS) is 11.9. The highest BCUT2D eigenvalue weighted by molar-refractivity contribution is 9.10. The third-order valence-corrected chi connectivity index (χ3v) is 4.88. The Labute approximate surface area is 158 Å². The predicted octanol–water partition coefficient (Wildman–Crippen LogP) is 4.51. The van der Waals surface area contributed by atoms with Gasteiger partial charge in [0.05, 0.1) is 7.11 Å². The van der Waals surface area contributed by atoms with E-state index in [-0.39, 0.29) is 0 Å². The zero-order valence-corrected chi connectivity index (χ0v) is 15.9. The van der Waals surface area contributed by atoms with Crippen molar-refractivity contribution in [3.05, 3.63) is 100 Å². The second-order valence-electron chi connectivity index (χ2n) is 6.10. The van der Waals surface area contributed by atoms with Crippen LogP contribution in [0.2, 0.25) is 0 Å². The fourth-order valence-corrected chi connectivity index (χ4v) is 3.49. The van der Waals surface area contributed by atoms with E-state index >= 15 is 0 Å². The number of ether oxygens (including phenoxy) is 1. The average Bonchev–Trinajstić information content (AvgIpc) is 2.67. The molecule has 0 fully saturated rings. The summed E-state index contributed by atoms with van der Waals surface area (Å²) in [6, 6.07) is 27.9. The number of quaternary nitrogens is 1. The molecule has 2 nitrogen and oxygen atoms in total. The van der Waals surface area contributed by atoms with Crippen molar-refractivity contribution < 1.29 is 10.1 Å². The van der Waals surface area contributed by atoms with Crippen LogP contribution in [0.1, 0.15) is 22.7 Å². The van der Waals surface area contributed by atoms with Crippen molar-refractivity contribution in [2.45, 2.75) is 19.0 Å². The minimum absolute atomic E-state index is 0.368. The molecule has 3 aromatic rings. The molecule has 3 aromatic carbocycles.